The molecule has 0 aliphatic carbocycles. The Morgan fingerprint density at radius 2 is 2.13 bits per heavy atom. The number of tetrazole rings is 1. The maximum atomic E-state index is 13.0. The Kier molecular flexibility index (Phi) is 5.59. The standard InChI is InChI=1S/C21H22N6O2S2/c1-12-5-7-14(8-6-12)17-13(2)31-20-18(17)19(28)22-16(23-20)11-30-21-24-25-26-27(21)10-15-4-3-9-29-15/h5-8,15H,3-4,9-11H2,1-2H3,(H,22,23,28)/t15-/m0/s1. The van der Waals surface area contributed by atoms with E-state index in [2.05, 4.69) is 51.7 Å². The lowest BCUT2D eigenvalue weighted by atomic mass is 10.0. The number of aromatic nitrogens is 6. The molecule has 1 N–H and O–H groups in total. The van der Waals surface area contributed by atoms with Crippen LogP contribution in [0.1, 0.15) is 29.1 Å². The molecule has 4 heterocycles. The first kappa shape index (κ1) is 20.3. The van der Waals surface area contributed by atoms with Crippen molar-refractivity contribution >= 4 is 33.3 Å². The second-order valence-electron chi connectivity index (χ2n) is 7.66. The molecule has 1 saturated heterocycles. The number of rotatable bonds is 6. The number of aryl methyl sites for hydroxylation is 2. The number of H-pyrrole nitrogens is 1. The lowest BCUT2D eigenvalue weighted by molar-refractivity contribution is 0.0912. The molecule has 0 saturated carbocycles. The molecule has 0 amide bonds. The molecule has 10 heteroatoms. The number of ether oxygens (including phenoxy) is 1. The molecule has 31 heavy (non-hydrogen) atoms. The molecule has 5 rings (SSSR count). The van der Waals surface area contributed by atoms with Crippen LogP contribution in [-0.2, 0) is 17.0 Å². The van der Waals surface area contributed by atoms with Crippen LogP contribution in [0.2, 0.25) is 0 Å². The summed E-state index contributed by atoms with van der Waals surface area (Å²) in [5, 5.41) is 13.3. The molecule has 1 aromatic carbocycles. The van der Waals surface area contributed by atoms with Crippen molar-refractivity contribution in [2.75, 3.05) is 6.61 Å². The molecule has 0 unspecified atom stereocenters. The number of fused-ring (bicyclic) bond motifs is 1. The van der Waals surface area contributed by atoms with Gasteiger partial charge in [0.05, 0.1) is 23.8 Å². The van der Waals surface area contributed by atoms with E-state index in [0.29, 0.717) is 28.7 Å². The number of nitrogens with one attached hydrogen (secondary N) is 1. The molecule has 1 atom stereocenters. The SMILES string of the molecule is Cc1ccc(-c2c(C)sc3nc(CSc4nnnn4C[C@@H]4CCCO4)[nH]c(=O)c23)cc1. The van der Waals surface area contributed by atoms with Crippen LogP contribution in [0, 0.1) is 13.8 Å². The first-order valence-corrected chi connectivity index (χ1v) is 12.0. The van der Waals surface area contributed by atoms with Gasteiger partial charge in [0.2, 0.25) is 5.16 Å². The average molecular weight is 455 g/mol. The van der Waals surface area contributed by atoms with Gasteiger partial charge in [-0.15, -0.1) is 16.4 Å². The Hall–Kier alpha value is -2.56. The van der Waals surface area contributed by atoms with Crippen molar-refractivity contribution in [2.24, 2.45) is 0 Å². The van der Waals surface area contributed by atoms with Gasteiger partial charge in [0, 0.05) is 17.0 Å². The summed E-state index contributed by atoms with van der Waals surface area (Å²) in [6, 6.07) is 8.24. The third-order valence-electron chi connectivity index (χ3n) is 5.36. The second-order valence-corrected chi connectivity index (χ2v) is 9.81. The van der Waals surface area contributed by atoms with Crippen LogP contribution >= 0.6 is 23.1 Å². The smallest absolute Gasteiger partial charge is 0.260 e. The van der Waals surface area contributed by atoms with Crippen LogP contribution in [0.3, 0.4) is 0 Å². The zero-order chi connectivity index (χ0) is 21.4. The Balaban J connectivity index is 1.39. The fourth-order valence-corrected chi connectivity index (χ4v) is 5.65. The topological polar surface area (TPSA) is 98.6 Å². The lowest BCUT2D eigenvalue weighted by Crippen LogP contribution is -2.17. The van der Waals surface area contributed by atoms with Crippen LogP contribution in [0.5, 0.6) is 0 Å². The molecule has 0 bridgehead atoms. The highest BCUT2D eigenvalue weighted by Gasteiger charge is 2.20. The minimum absolute atomic E-state index is 0.112. The molecular formula is C21H22N6O2S2. The summed E-state index contributed by atoms with van der Waals surface area (Å²) in [5.74, 6) is 1.10. The lowest BCUT2D eigenvalue weighted by Gasteiger charge is -2.09. The van der Waals surface area contributed by atoms with Crippen LogP contribution < -0.4 is 5.56 Å². The van der Waals surface area contributed by atoms with Crippen LogP contribution in [-0.4, -0.2) is 42.9 Å². The minimum atomic E-state index is -0.112. The van der Waals surface area contributed by atoms with E-state index in [1.807, 2.05) is 6.92 Å². The van der Waals surface area contributed by atoms with Gasteiger partial charge >= 0.3 is 0 Å². The van der Waals surface area contributed by atoms with Gasteiger partial charge in [-0.25, -0.2) is 9.67 Å². The molecule has 0 spiro atoms. The maximum absolute atomic E-state index is 13.0. The fourth-order valence-electron chi connectivity index (χ4n) is 3.83. The fraction of sp³-hybridized carbons (Fsp3) is 0.381. The molecule has 1 fully saturated rings. The van der Waals surface area contributed by atoms with Crippen molar-refractivity contribution in [1.82, 2.24) is 30.2 Å². The predicted molar refractivity (Wildman–Crippen MR) is 122 cm³/mol. The highest BCUT2D eigenvalue weighted by atomic mass is 32.2. The molecule has 0 radical (unpaired) electrons. The largest absolute Gasteiger partial charge is 0.376 e. The third-order valence-corrected chi connectivity index (χ3v) is 7.33. The van der Waals surface area contributed by atoms with Crippen molar-refractivity contribution in [3.05, 3.63) is 50.9 Å². The first-order valence-electron chi connectivity index (χ1n) is 10.2. The van der Waals surface area contributed by atoms with E-state index < -0.39 is 0 Å². The number of aromatic amines is 1. The van der Waals surface area contributed by atoms with E-state index in [-0.39, 0.29) is 11.7 Å². The average Bonchev–Trinajstić information content (AvgIpc) is 3.48. The molecule has 4 aromatic rings. The van der Waals surface area contributed by atoms with Gasteiger partial charge < -0.3 is 9.72 Å². The number of thioether (sulfide) groups is 1. The van der Waals surface area contributed by atoms with Crippen LogP contribution in [0.25, 0.3) is 21.3 Å². The Morgan fingerprint density at radius 1 is 1.29 bits per heavy atom. The summed E-state index contributed by atoms with van der Waals surface area (Å²) in [7, 11) is 0. The Bertz CT molecular complexity index is 1270. The highest BCUT2D eigenvalue weighted by Crippen LogP contribution is 2.35. The summed E-state index contributed by atoms with van der Waals surface area (Å²) in [6.07, 6.45) is 2.26. The normalized spacial score (nSPS) is 16.4. The van der Waals surface area contributed by atoms with E-state index in [1.54, 1.807) is 16.0 Å². The molecule has 1 aliphatic heterocycles. The Morgan fingerprint density at radius 3 is 2.90 bits per heavy atom. The summed E-state index contributed by atoms with van der Waals surface area (Å²) in [5.41, 5.74) is 3.08. The van der Waals surface area contributed by atoms with Gasteiger partial charge in [-0.05, 0) is 42.7 Å². The van der Waals surface area contributed by atoms with Crippen molar-refractivity contribution in [3.8, 4) is 11.1 Å². The van der Waals surface area contributed by atoms with Crippen molar-refractivity contribution < 1.29 is 4.74 Å². The number of hydrogen-bond acceptors (Lipinski definition) is 8. The third kappa shape index (κ3) is 4.15. The van der Waals surface area contributed by atoms with E-state index in [1.165, 1.54) is 17.3 Å². The monoisotopic (exact) mass is 454 g/mol. The van der Waals surface area contributed by atoms with Crippen LogP contribution in [0.4, 0.5) is 0 Å². The molecule has 1 aliphatic rings. The van der Waals surface area contributed by atoms with E-state index in [4.69, 9.17) is 9.72 Å². The van der Waals surface area contributed by atoms with Gasteiger partial charge in [0.1, 0.15) is 10.7 Å². The van der Waals surface area contributed by atoms with Crippen molar-refractivity contribution in [1.29, 1.82) is 0 Å². The molecule has 160 valence electrons. The summed E-state index contributed by atoms with van der Waals surface area (Å²) >= 11 is 3.01. The van der Waals surface area contributed by atoms with Gasteiger partial charge in [-0.3, -0.25) is 4.79 Å². The zero-order valence-electron chi connectivity index (χ0n) is 17.3. The summed E-state index contributed by atoms with van der Waals surface area (Å²) < 4.78 is 7.45. The summed E-state index contributed by atoms with van der Waals surface area (Å²) in [4.78, 5) is 22.5. The predicted octanol–water partition coefficient (Wildman–Crippen LogP) is 3.73. The quantitative estimate of drug-likeness (QED) is 0.443. The first-order chi connectivity index (χ1) is 15.1. The van der Waals surface area contributed by atoms with Gasteiger partial charge in [-0.2, -0.15) is 0 Å². The molecular weight excluding hydrogens is 432 g/mol. The van der Waals surface area contributed by atoms with Gasteiger partial charge in [0.25, 0.3) is 5.56 Å². The van der Waals surface area contributed by atoms with E-state index in [9.17, 15) is 4.79 Å². The maximum Gasteiger partial charge on any atom is 0.260 e. The van der Waals surface area contributed by atoms with E-state index >= 15 is 0 Å². The number of hydrogen-bond donors (Lipinski definition) is 1. The number of nitrogens with zero attached hydrogens (tertiary/aromatic N) is 5. The Labute approximate surface area is 187 Å². The highest BCUT2D eigenvalue weighted by molar-refractivity contribution is 7.98. The second kappa shape index (κ2) is 8.52. The van der Waals surface area contributed by atoms with Crippen molar-refractivity contribution in [3.63, 3.8) is 0 Å². The van der Waals surface area contributed by atoms with E-state index in [0.717, 1.165) is 40.3 Å². The number of benzene rings is 1. The molecule has 3 aromatic heterocycles. The zero-order valence-corrected chi connectivity index (χ0v) is 18.9. The van der Waals surface area contributed by atoms with Crippen molar-refractivity contribution in [2.45, 2.75) is 50.2 Å². The molecule has 8 nitrogen and oxygen atoms in total. The van der Waals surface area contributed by atoms with Gasteiger partial charge in [0.15, 0.2) is 0 Å². The van der Waals surface area contributed by atoms with Crippen LogP contribution in [0.15, 0.2) is 34.2 Å². The summed E-state index contributed by atoms with van der Waals surface area (Å²) in [6.45, 7) is 5.53. The number of thiophene rings is 1. The van der Waals surface area contributed by atoms with Gasteiger partial charge in [-0.1, -0.05) is 41.6 Å². The minimum Gasteiger partial charge on any atom is -0.376 e.